The van der Waals surface area contributed by atoms with Crippen molar-refractivity contribution in [3.05, 3.63) is 23.8 Å². The van der Waals surface area contributed by atoms with E-state index in [9.17, 15) is 0 Å². The molecule has 0 heterocycles. The van der Waals surface area contributed by atoms with Crippen LogP contribution < -0.4 is 0 Å². The lowest BCUT2D eigenvalue weighted by Gasteiger charge is -2.42. The Balaban J connectivity index is 0.000000686. The third-order valence-corrected chi connectivity index (χ3v) is 4.53. The number of rotatable bonds is 2. The molecule has 0 heteroatoms. The van der Waals surface area contributed by atoms with E-state index in [4.69, 9.17) is 0 Å². The molecule has 1 atom stereocenters. The lowest BCUT2D eigenvalue weighted by molar-refractivity contribution is 0.211. The van der Waals surface area contributed by atoms with Gasteiger partial charge in [0.1, 0.15) is 0 Å². The van der Waals surface area contributed by atoms with Crippen LogP contribution in [0.4, 0.5) is 0 Å². The second-order valence-corrected chi connectivity index (χ2v) is 5.38. The van der Waals surface area contributed by atoms with Crippen LogP contribution in [0.25, 0.3) is 0 Å². The summed E-state index contributed by atoms with van der Waals surface area (Å²) < 4.78 is 0. The zero-order chi connectivity index (χ0) is 12.7. The van der Waals surface area contributed by atoms with Gasteiger partial charge in [-0.1, -0.05) is 70.8 Å². The number of hydrogen-bond acceptors (Lipinski definition) is 0. The predicted octanol–water partition coefficient (Wildman–Crippen LogP) is 5.90. The van der Waals surface area contributed by atoms with Gasteiger partial charge in [-0.25, -0.2) is 0 Å². The van der Waals surface area contributed by atoms with Gasteiger partial charge >= 0.3 is 0 Å². The average molecular weight is 234 g/mol. The fourth-order valence-corrected chi connectivity index (χ4v) is 3.52. The molecule has 0 aliphatic heterocycles. The average Bonchev–Trinajstić information content (AvgIpc) is 2.42. The van der Waals surface area contributed by atoms with Gasteiger partial charge < -0.3 is 0 Å². The van der Waals surface area contributed by atoms with Crippen LogP contribution in [0.2, 0.25) is 0 Å². The van der Waals surface area contributed by atoms with Crippen molar-refractivity contribution in [3.63, 3.8) is 0 Å². The van der Waals surface area contributed by atoms with Crippen molar-refractivity contribution in [2.45, 2.75) is 72.6 Å². The second kappa shape index (κ2) is 7.03. The van der Waals surface area contributed by atoms with Crippen LogP contribution in [0.15, 0.2) is 23.8 Å². The fourth-order valence-electron chi connectivity index (χ4n) is 3.52. The summed E-state index contributed by atoms with van der Waals surface area (Å²) in [5, 5.41) is 0. The lowest BCUT2D eigenvalue weighted by atomic mass is 9.63. The highest BCUT2D eigenvalue weighted by molar-refractivity contribution is 5.27. The van der Waals surface area contributed by atoms with Gasteiger partial charge in [-0.15, -0.1) is 0 Å². The molecule has 0 bridgehead atoms. The first-order chi connectivity index (χ1) is 8.28. The van der Waals surface area contributed by atoms with Gasteiger partial charge in [-0.05, 0) is 37.0 Å². The molecular weight excluding hydrogens is 204 g/mol. The minimum Gasteiger partial charge on any atom is -0.0840 e. The van der Waals surface area contributed by atoms with Gasteiger partial charge in [0.25, 0.3) is 0 Å². The molecule has 17 heavy (non-hydrogen) atoms. The molecule has 0 saturated heterocycles. The zero-order valence-corrected chi connectivity index (χ0v) is 12.3. The summed E-state index contributed by atoms with van der Waals surface area (Å²) in [7, 11) is 0. The molecule has 0 nitrogen and oxygen atoms in total. The minimum atomic E-state index is 0.572. The normalized spacial score (nSPS) is 26.8. The molecule has 0 radical (unpaired) electrons. The topological polar surface area (TPSA) is 0 Å². The van der Waals surface area contributed by atoms with E-state index in [0.29, 0.717) is 5.41 Å². The number of hydrogen-bond donors (Lipinski definition) is 0. The van der Waals surface area contributed by atoms with Gasteiger partial charge in [0.05, 0.1) is 0 Å². The fraction of sp³-hybridized carbons (Fsp3) is 0.765. The Morgan fingerprint density at radius 2 is 1.82 bits per heavy atom. The van der Waals surface area contributed by atoms with Gasteiger partial charge in [0.2, 0.25) is 0 Å². The summed E-state index contributed by atoms with van der Waals surface area (Å²) in [6, 6.07) is 0. The van der Waals surface area contributed by atoms with E-state index in [1.807, 2.05) is 13.8 Å². The largest absolute Gasteiger partial charge is 0.0840 e. The van der Waals surface area contributed by atoms with Crippen LogP contribution >= 0.6 is 0 Å². The van der Waals surface area contributed by atoms with Crippen molar-refractivity contribution < 1.29 is 0 Å². The highest BCUT2D eigenvalue weighted by atomic mass is 14.4. The Kier molecular flexibility index (Phi) is 6.02. The molecule has 2 aliphatic carbocycles. The molecule has 0 amide bonds. The molecule has 98 valence electrons. The molecule has 1 fully saturated rings. The Labute approximate surface area is 108 Å². The first-order valence-electron chi connectivity index (χ1n) is 7.66. The van der Waals surface area contributed by atoms with Crippen LogP contribution in [0.3, 0.4) is 0 Å². The van der Waals surface area contributed by atoms with Crippen molar-refractivity contribution in [1.82, 2.24) is 0 Å². The zero-order valence-electron chi connectivity index (χ0n) is 12.3. The maximum Gasteiger partial charge on any atom is -0.00848 e. The van der Waals surface area contributed by atoms with Crippen LogP contribution in [-0.2, 0) is 0 Å². The van der Waals surface area contributed by atoms with Crippen molar-refractivity contribution in [1.29, 1.82) is 0 Å². The molecule has 0 aromatic carbocycles. The third-order valence-electron chi connectivity index (χ3n) is 4.53. The first-order valence-corrected chi connectivity index (χ1v) is 7.66. The molecular formula is C17H30. The Morgan fingerprint density at radius 3 is 2.35 bits per heavy atom. The smallest absolute Gasteiger partial charge is 0.00848 e. The van der Waals surface area contributed by atoms with E-state index >= 15 is 0 Å². The minimum absolute atomic E-state index is 0.572. The highest BCUT2D eigenvalue weighted by Gasteiger charge is 2.35. The van der Waals surface area contributed by atoms with Gasteiger partial charge in [-0.2, -0.15) is 0 Å². The molecule has 1 unspecified atom stereocenters. The standard InChI is InChI=1S/C15H24.C2H6/c1-3-15(11-7-4-8-12-15)14-10-6-5-9-13(14)2;1-2/h5-6,10,13H,3-4,7-9,11-12H2,1-2H3;1-2H3. The predicted molar refractivity (Wildman–Crippen MR) is 78.2 cm³/mol. The SMILES string of the molecule is CC.CCC1(C2=CC=CCC2C)CCCCC1. The highest BCUT2D eigenvalue weighted by Crippen LogP contribution is 2.49. The molecule has 0 N–H and O–H groups in total. The summed E-state index contributed by atoms with van der Waals surface area (Å²) >= 11 is 0. The molecule has 1 saturated carbocycles. The summed E-state index contributed by atoms with van der Waals surface area (Å²) in [6.45, 7) is 8.79. The maximum absolute atomic E-state index is 2.42. The number of allylic oxidation sites excluding steroid dienone is 4. The Morgan fingerprint density at radius 1 is 1.18 bits per heavy atom. The summed E-state index contributed by atoms with van der Waals surface area (Å²) in [6.07, 6.45) is 16.8. The molecule has 0 spiro atoms. The summed E-state index contributed by atoms with van der Waals surface area (Å²) in [5.74, 6) is 0.785. The molecule has 0 aromatic rings. The molecule has 2 rings (SSSR count). The monoisotopic (exact) mass is 234 g/mol. The maximum atomic E-state index is 2.42. The van der Waals surface area contributed by atoms with Crippen LogP contribution in [0.1, 0.15) is 72.6 Å². The lowest BCUT2D eigenvalue weighted by Crippen LogP contribution is -2.29. The van der Waals surface area contributed by atoms with Crippen LogP contribution in [-0.4, -0.2) is 0 Å². The van der Waals surface area contributed by atoms with E-state index in [0.717, 1.165) is 5.92 Å². The van der Waals surface area contributed by atoms with E-state index in [1.54, 1.807) is 5.57 Å². The van der Waals surface area contributed by atoms with E-state index in [-0.39, 0.29) is 0 Å². The Bertz CT molecular complexity index is 264. The summed E-state index contributed by atoms with van der Waals surface area (Å²) in [5.41, 5.74) is 2.33. The van der Waals surface area contributed by atoms with Gasteiger partial charge in [0, 0.05) is 0 Å². The van der Waals surface area contributed by atoms with E-state index in [2.05, 4.69) is 32.1 Å². The van der Waals surface area contributed by atoms with Crippen molar-refractivity contribution in [3.8, 4) is 0 Å². The molecule has 2 aliphatic rings. The van der Waals surface area contributed by atoms with Crippen LogP contribution in [0.5, 0.6) is 0 Å². The van der Waals surface area contributed by atoms with Crippen molar-refractivity contribution >= 4 is 0 Å². The van der Waals surface area contributed by atoms with E-state index in [1.165, 1.54) is 44.9 Å². The second-order valence-electron chi connectivity index (χ2n) is 5.38. The third kappa shape index (κ3) is 3.24. The Hall–Kier alpha value is -0.520. The van der Waals surface area contributed by atoms with Crippen LogP contribution in [0, 0.1) is 11.3 Å². The van der Waals surface area contributed by atoms with Gasteiger partial charge in [0.15, 0.2) is 0 Å². The molecule has 0 aromatic heterocycles. The van der Waals surface area contributed by atoms with E-state index < -0.39 is 0 Å². The van der Waals surface area contributed by atoms with Gasteiger partial charge in [-0.3, -0.25) is 0 Å². The summed E-state index contributed by atoms with van der Waals surface area (Å²) in [4.78, 5) is 0. The van der Waals surface area contributed by atoms with Crippen molar-refractivity contribution in [2.75, 3.05) is 0 Å². The first kappa shape index (κ1) is 14.5. The quantitative estimate of drug-likeness (QED) is 0.558. The van der Waals surface area contributed by atoms with Crippen molar-refractivity contribution in [2.24, 2.45) is 11.3 Å².